The smallest absolute Gasteiger partial charge is 0.336 e. The Bertz CT molecular complexity index is 350. The first-order valence-electron chi connectivity index (χ1n) is 3.64. The predicted molar refractivity (Wildman–Crippen MR) is 54.9 cm³/mol. The van der Waals surface area contributed by atoms with Gasteiger partial charge >= 0.3 is 5.97 Å². The lowest BCUT2D eigenvalue weighted by Gasteiger charge is -2.07. The van der Waals surface area contributed by atoms with Gasteiger partial charge in [0.05, 0.1) is 10.6 Å². The number of halogens is 1. The molecule has 0 atom stereocenters. The summed E-state index contributed by atoms with van der Waals surface area (Å²) in [5, 5.41) is 9.37. The van der Waals surface area contributed by atoms with E-state index in [9.17, 15) is 4.79 Å². The third-order valence-corrected chi connectivity index (χ3v) is 3.16. The zero-order chi connectivity index (χ0) is 10.0. The van der Waals surface area contributed by atoms with Crippen molar-refractivity contribution in [1.29, 1.82) is 0 Å². The molecule has 0 radical (unpaired) electrons. The molecule has 2 nitrogen and oxygen atoms in total. The summed E-state index contributed by atoms with van der Waals surface area (Å²) in [6.45, 7) is 1.85. The summed E-state index contributed by atoms with van der Waals surface area (Å²) in [6, 6.07) is 3.29. The van der Waals surface area contributed by atoms with E-state index in [1.807, 2.05) is 13.2 Å². The second kappa shape index (κ2) is 4.03. The molecular weight excluding hydrogens is 208 g/mol. The van der Waals surface area contributed by atoms with E-state index in [0.717, 1.165) is 5.56 Å². The minimum atomic E-state index is -0.939. The van der Waals surface area contributed by atoms with E-state index in [2.05, 4.69) is 0 Å². The van der Waals surface area contributed by atoms with Crippen molar-refractivity contribution in [1.82, 2.24) is 0 Å². The fourth-order valence-corrected chi connectivity index (χ4v) is 2.13. The minimum Gasteiger partial charge on any atom is -0.478 e. The summed E-state index contributed by atoms with van der Waals surface area (Å²) in [5.74, 6) is -0.939. The van der Waals surface area contributed by atoms with Crippen LogP contribution in [0, 0.1) is 6.92 Å². The maximum Gasteiger partial charge on any atom is 0.336 e. The van der Waals surface area contributed by atoms with Crippen LogP contribution in [-0.4, -0.2) is 17.3 Å². The number of carboxylic acid groups (broad SMARTS) is 1. The normalized spacial score (nSPS) is 10.1. The van der Waals surface area contributed by atoms with Crippen LogP contribution in [-0.2, 0) is 0 Å². The lowest BCUT2D eigenvalue weighted by Crippen LogP contribution is -1.99. The summed E-state index contributed by atoms with van der Waals surface area (Å²) < 4.78 is 0. The predicted octanol–water partition coefficient (Wildman–Crippen LogP) is 3.07. The van der Waals surface area contributed by atoms with Gasteiger partial charge in [0.2, 0.25) is 0 Å². The van der Waals surface area contributed by atoms with Crippen LogP contribution in [0.2, 0.25) is 5.02 Å². The van der Waals surface area contributed by atoms with E-state index >= 15 is 0 Å². The first-order valence-corrected chi connectivity index (χ1v) is 5.24. The Hall–Kier alpha value is -0.670. The molecule has 0 aliphatic heterocycles. The maximum atomic E-state index is 10.8. The molecule has 0 unspecified atom stereocenters. The van der Waals surface area contributed by atoms with Gasteiger partial charge in [-0.05, 0) is 24.8 Å². The van der Waals surface area contributed by atoms with Crippen LogP contribution >= 0.6 is 23.4 Å². The summed E-state index contributed by atoms with van der Waals surface area (Å²) in [4.78, 5) is 11.4. The number of aryl methyl sites for hydroxylation is 1. The monoisotopic (exact) mass is 216 g/mol. The number of hydrogen-bond acceptors (Lipinski definition) is 2. The third-order valence-electron chi connectivity index (χ3n) is 1.72. The standard InChI is InChI=1S/C9H9ClO2S/c1-5-3-4-6(9(11)12)8(13-2)7(5)10/h3-4H,1-2H3,(H,11,12). The highest BCUT2D eigenvalue weighted by Crippen LogP contribution is 2.31. The number of carboxylic acids is 1. The van der Waals surface area contributed by atoms with Crippen molar-refractivity contribution in [3.05, 3.63) is 28.3 Å². The average molecular weight is 217 g/mol. The number of carbonyl (C=O) groups is 1. The Labute approximate surface area is 85.9 Å². The van der Waals surface area contributed by atoms with Crippen LogP contribution in [0.5, 0.6) is 0 Å². The molecule has 0 aliphatic rings. The average Bonchev–Trinajstić information content (AvgIpc) is 2.09. The summed E-state index contributed by atoms with van der Waals surface area (Å²) in [7, 11) is 0. The van der Waals surface area contributed by atoms with Crippen LogP contribution in [0.1, 0.15) is 15.9 Å². The van der Waals surface area contributed by atoms with Crippen molar-refractivity contribution in [2.75, 3.05) is 6.26 Å². The van der Waals surface area contributed by atoms with Crippen LogP contribution in [0.3, 0.4) is 0 Å². The number of thioether (sulfide) groups is 1. The van der Waals surface area contributed by atoms with E-state index in [4.69, 9.17) is 16.7 Å². The zero-order valence-corrected chi connectivity index (χ0v) is 8.87. The van der Waals surface area contributed by atoms with E-state index in [1.54, 1.807) is 12.1 Å². The van der Waals surface area contributed by atoms with Crippen LogP contribution < -0.4 is 0 Å². The molecule has 13 heavy (non-hydrogen) atoms. The van der Waals surface area contributed by atoms with E-state index in [-0.39, 0.29) is 5.56 Å². The molecule has 0 bridgehead atoms. The lowest BCUT2D eigenvalue weighted by molar-refractivity contribution is 0.0693. The molecule has 0 aromatic heterocycles. The summed E-state index contributed by atoms with van der Waals surface area (Å²) in [5.41, 5.74) is 1.17. The second-order valence-corrected chi connectivity index (χ2v) is 3.78. The SMILES string of the molecule is CSc1c(C(=O)O)ccc(C)c1Cl. The molecule has 1 aromatic carbocycles. The van der Waals surface area contributed by atoms with Gasteiger partial charge in [-0.25, -0.2) is 4.79 Å². The van der Waals surface area contributed by atoms with Gasteiger partial charge in [0.15, 0.2) is 0 Å². The van der Waals surface area contributed by atoms with Crippen LogP contribution in [0.4, 0.5) is 0 Å². The van der Waals surface area contributed by atoms with Gasteiger partial charge in [0.1, 0.15) is 0 Å². The molecule has 1 rings (SSSR count). The van der Waals surface area contributed by atoms with E-state index in [1.165, 1.54) is 11.8 Å². The minimum absolute atomic E-state index is 0.267. The van der Waals surface area contributed by atoms with Crippen molar-refractivity contribution in [3.8, 4) is 0 Å². The van der Waals surface area contributed by atoms with Crippen molar-refractivity contribution in [3.63, 3.8) is 0 Å². The molecule has 0 aliphatic carbocycles. The van der Waals surface area contributed by atoms with Gasteiger partial charge in [-0.15, -0.1) is 11.8 Å². The maximum absolute atomic E-state index is 10.8. The highest BCUT2D eigenvalue weighted by atomic mass is 35.5. The Balaban J connectivity index is 3.38. The van der Waals surface area contributed by atoms with Gasteiger partial charge in [-0.2, -0.15) is 0 Å². The van der Waals surface area contributed by atoms with Crippen molar-refractivity contribution < 1.29 is 9.90 Å². The first kappa shape index (κ1) is 10.4. The molecule has 0 amide bonds. The lowest BCUT2D eigenvalue weighted by atomic mass is 10.1. The van der Waals surface area contributed by atoms with E-state index < -0.39 is 5.97 Å². The molecule has 70 valence electrons. The topological polar surface area (TPSA) is 37.3 Å². The Morgan fingerprint density at radius 1 is 1.54 bits per heavy atom. The largest absolute Gasteiger partial charge is 0.478 e. The number of aromatic carboxylic acids is 1. The first-order chi connectivity index (χ1) is 6.07. The highest BCUT2D eigenvalue weighted by Gasteiger charge is 2.13. The zero-order valence-electron chi connectivity index (χ0n) is 7.30. The summed E-state index contributed by atoms with van der Waals surface area (Å²) in [6.07, 6.45) is 1.81. The van der Waals surface area contributed by atoms with E-state index in [0.29, 0.717) is 9.92 Å². The Kier molecular flexibility index (Phi) is 3.22. The second-order valence-electron chi connectivity index (χ2n) is 2.58. The van der Waals surface area contributed by atoms with Gasteiger partial charge in [0.25, 0.3) is 0 Å². The fourth-order valence-electron chi connectivity index (χ4n) is 1.02. The third kappa shape index (κ3) is 1.98. The van der Waals surface area contributed by atoms with Gasteiger partial charge in [-0.1, -0.05) is 17.7 Å². The molecule has 0 saturated heterocycles. The summed E-state index contributed by atoms with van der Waals surface area (Å²) >= 11 is 7.31. The highest BCUT2D eigenvalue weighted by molar-refractivity contribution is 7.98. The molecule has 0 fully saturated rings. The molecule has 0 heterocycles. The Morgan fingerprint density at radius 2 is 2.15 bits per heavy atom. The van der Waals surface area contributed by atoms with Crippen molar-refractivity contribution in [2.24, 2.45) is 0 Å². The van der Waals surface area contributed by atoms with Gasteiger partial charge < -0.3 is 5.11 Å². The molecule has 0 saturated carbocycles. The Morgan fingerprint density at radius 3 is 2.62 bits per heavy atom. The van der Waals surface area contributed by atoms with Gasteiger partial charge in [-0.3, -0.25) is 0 Å². The number of hydrogen-bond donors (Lipinski definition) is 1. The van der Waals surface area contributed by atoms with Crippen LogP contribution in [0.25, 0.3) is 0 Å². The van der Waals surface area contributed by atoms with Crippen LogP contribution in [0.15, 0.2) is 17.0 Å². The number of benzene rings is 1. The quantitative estimate of drug-likeness (QED) is 0.772. The molecule has 0 spiro atoms. The molecular formula is C9H9ClO2S. The molecule has 1 N–H and O–H groups in total. The van der Waals surface area contributed by atoms with Crippen molar-refractivity contribution in [2.45, 2.75) is 11.8 Å². The fraction of sp³-hybridized carbons (Fsp3) is 0.222. The molecule has 1 aromatic rings. The van der Waals surface area contributed by atoms with Crippen molar-refractivity contribution >= 4 is 29.3 Å². The molecule has 4 heteroatoms. The number of rotatable bonds is 2. The van der Waals surface area contributed by atoms with Gasteiger partial charge in [0, 0.05) is 4.90 Å².